The molecule has 4 nitrogen and oxygen atoms in total. The summed E-state index contributed by atoms with van der Waals surface area (Å²) in [5.74, 6) is -0.552. The minimum atomic E-state index is -0.422. The number of halogens is 2. The fraction of sp³-hybridized carbons (Fsp3) is 0.500. The van der Waals surface area contributed by atoms with Gasteiger partial charge in [0.2, 0.25) is 0 Å². The fourth-order valence-electron chi connectivity index (χ4n) is 2.55. The third-order valence-electron chi connectivity index (χ3n) is 3.23. The summed E-state index contributed by atoms with van der Waals surface area (Å²) >= 11 is 5.88. The van der Waals surface area contributed by atoms with E-state index >= 15 is 0 Å². The fourth-order valence-corrected chi connectivity index (χ4v) is 2.76. The first-order chi connectivity index (χ1) is 9.44. The van der Waals surface area contributed by atoms with Crippen molar-refractivity contribution in [2.45, 2.75) is 26.1 Å². The monoisotopic (exact) mass is 301 g/mol. The van der Waals surface area contributed by atoms with Gasteiger partial charge in [0.05, 0.1) is 10.7 Å². The van der Waals surface area contributed by atoms with Crippen molar-refractivity contribution >= 4 is 23.2 Å². The zero-order chi connectivity index (χ0) is 14.7. The number of hydrogen-bond donors (Lipinski definition) is 2. The van der Waals surface area contributed by atoms with Gasteiger partial charge in [-0.2, -0.15) is 0 Å². The Hall–Kier alpha value is -1.17. The van der Waals surface area contributed by atoms with E-state index in [0.29, 0.717) is 12.2 Å². The normalized spacial score (nSPS) is 26.3. The van der Waals surface area contributed by atoms with Gasteiger partial charge in [0, 0.05) is 0 Å². The number of nitrogens with one attached hydrogen (secondary N) is 2. The summed E-state index contributed by atoms with van der Waals surface area (Å²) < 4.78 is 18.6. The van der Waals surface area contributed by atoms with E-state index in [9.17, 15) is 9.18 Å². The van der Waals surface area contributed by atoms with Crippen LogP contribution in [0.15, 0.2) is 18.2 Å². The number of morpholine rings is 1. The first kappa shape index (κ1) is 15.2. The molecule has 2 atom stereocenters. The highest BCUT2D eigenvalue weighted by Gasteiger charge is 2.27. The van der Waals surface area contributed by atoms with Gasteiger partial charge < -0.3 is 15.0 Å². The molecule has 0 aromatic heterocycles. The molecule has 1 aromatic rings. The van der Waals surface area contributed by atoms with E-state index in [-0.39, 0.29) is 23.1 Å². The summed E-state index contributed by atoms with van der Waals surface area (Å²) in [5, 5.41) is 2.92. The molecule has 1 aliphatic heterocycles. The molecule has 2 rings (SSSR count). The quantitative estimate of drug-likeness (QED) is 0.878. The van der Waals surface area contributed by atoms with Gasteiger partial charge in [0.15, 0.2) is 6.54 Å². The number of carbonyl (C=O) groups excluding carboxylic acids is 1. The molecule has 0 spiro atoms. The number of carbonyl (C=O) groups is 1. The summed E-state index contributed by atoms with van der Waals surface area (Å²) in [4.78, 5) is 13.2. The van der Waals surface area contributed by atoms with Crippen LogP contribution in [-0.2, 0) is 9.53 Å². The molecule has 6 heteroatoms. The average Bonchev–Trinajstić information content (AvgIpc) is 2.31. The molecule has 1 saturated heterocycles. The highest BCUT2D eigenvalue weighted by atomic mass is 35.5. The molecule has 0 bridgehead atoms. The lowest BCUT2D eigenvalue weighted by Crippen LogP contribution is -3.16. The number of rotatable bonds is 3. The topological polar surface area (TPSA) is 42.8 Å². The molecule has 1 aliphatic rings. The SMILES string of the molecule is C[C@@H]1C[NH+](CC(=O)Nc2ccc(F)cc2Cl)C[C@@H](C)O1. The van der Waals surface area contributed by atoms with Crippen molar-refractivity contribution in [3.8, 4) is 0 Å². The Morgan fingerprint density at radius 1 is 1.45 bits per heavy atom. The van der Waals surface area contributed by atoms with Crippen LogP contribution in [0.2, 0.25) is 5.02 Å². The minimum Gasteiger partial charge on any atom is -0.364 e. The van der Waals surface area contributed by atoms with Crippen LogP contribution in [0.25, 0.3) is 0 Å². The van der Waals surface area contributed by atoms with Gasteiger partial charge in [-0.1, -0.05) is 11.6 Å². The highest BCUT2D eigenvalue weighted by Crippen LogP contribution is 2.21. The molecule has 20 heavy (non-hydrogen) atoms. The van der Waals surface area contributed by atoms with Crippen molar-refractivity contribution in [2.75, 3.05) is 25.0 Å². The van der Waals surface area contributed by atoms with Crippen LogP contribution in [0.4, 0.5) is 10.1 Å². The molecule has 1 aromatic carbocycles. The lowest BCUT2D eigenvalue weighted by molar-refractivity contribution is -0.907. The van der Waals surface area contributed by atoms with E-state index in [1.165, 1.54) is 23.1 Å². The molecule has 1 fully saturated rings. The van der Waals surface area contributed by atoms with Crippen molar-refractivity contribution in [3.05, 3.63) is 29.0 Å². The maximum Gasteiger partial charge on any atom is 0.279 e. The lowest BCUT2D eigenvalue weighted by atomic mass is 10.2. The lowest BCUT2D eigenvalue weighted by Gasteiger charge is -2.31. The Balaban J connectivity index is 1.92. The second-order valence-corrected chi connectivity index (χ2v) is 5.67. The van der Waals surface area contributed by atoms with E-state index < -0.39 is 5.82 Å². The van der Waals surface area contributed by atoms with Crippen LogP contribution in [0.3, 0.4) is 0 Å². The summed E-state index contributed by atoms with van der Waals surface area (Å²) in [5.41, 5.74) is 0.437. The molecular weight excluding hydrogens is 283 g/mol. The first-order valence-corrected chi connectivity index (χ1v) is 7.05. The van der Waals surface area contributed by atoms with Crippen molar-refractivity contribution in [1.29, 1.82) is 0 Å². The number of ether oxygens (including phenoxy) is 1. The van der Waals surface area contributed by atoms with Crippen LogP contribution < -0.4 is 10.2 Å². The zero-order valence-electron chi connectivity index (χ0n) is 11.6. The van der Waals surface area contributed by atoms with E-state index in [0.717, 1.165) is 13.1 Å². The van der Waals surface area contributed by atoms with E-state index in [2.05, 4.69) is 5.32 Å². The van der Waals surface area contributed by atoms with E-state index in [1.54, 1.807) is 0 Å². The molecule has 0 radical (unpaired) electrons. The Bertz CT molecular complexity index is 488. The number of anilines is 1. The molecular formula is C14H19ClFN2O2+. The molecule has 0 saturated carbocycles. The Morgan fingerprint density at radius 2 is 2.10 bits per heavy atom. The van der Waals surface area contributed by atoms with E-state index in [4.69, 9.17) is 16.3 Å². The third-order valence-corrected chi connectivity index (χ3v) is 3.55. The third kappa shape index (κ3) is 4.16. The van der Waals surface area contributed by atoms with Crippen LogP contribution >= 0.6 is 11.6 Å². The molecule has 1 heterocycles. The predicted molar refractivity (Wildman–Crippen MR) is 75.6 cm³/mol. The summed E-state index contributed by atoms with van der Waals surface area (Å²) in [7, 11) is 0. The predicted octanol–water partition coefficient (Wildman–Crippen LogP) is 1.11. The highest BCUT2D eigenvalue weighted by molar-refractivity contribution is 6.33. The van der Waals surface area contributed by atoms with Crippen LogP contribution in [0, 0.1) is 5.82 Å². The Morgan fingerprint density at radius 3 is 2.70 bits per heavy atom. The van der Waals surface area contributed by atoms with Gasteiger partial charge in [-0.25, -0.2) is 4.39 Å². The minimum absolute atomic E-state index is 0.130. The Kier molecular flexibility index (Phi) is 4.96. The van der Waals surface area contributed by atoms with E-state index in [1.807, 2.05) is 13.8 Å². The van der Waals surface area contributed by atoms with Crippen molar-refractivity contribution < 1.29 is 18.8 Å². The number of hydrogen-bond acceptors (Lipinski definition) is 2. The van der Waals surface area contributed by atoms with Gasteiger partial charge in [-0.05, 0) is 32.0 Å². The molecule has 2 N–H and O–H groups in total. The van der Waals surface area contributed by atoms with Crippen molar-refractivity contribution in [2.24, 2.45) is 0 Å². The smallest absolute Gasteiger partial charge is 0.279 e. The van der Waals surface area contributed by atoms with Crippen molar-refractivity contribution in [3.63, 3.8) is 0 Å². The molecule has 1 amide bonds. The van der Waals surface area contributed by atoms with Crippen LogP contribution in [0.1, 0.15) is 13.8 Å². The number of amides is 1. The Labute approximate surface area is 122 Å². The van der Waals surface area contributed by atoms with Crippen molar-refractivity contribution in [1.82, 2.24) is 0 Å². The standard InChI is InChI=1S/C14H18ClFN2O2/c1-9-6-18(7-10(2)20-9)8-14(19)17-13-4-3-11(16)5-12(13)15/h3-5,9-10H,6-8H2,1-2H3,(H,17,19)/p+1/t9-,10-/m1/s1. The van der Waals surface area contributed by atoms with Gasteiger partial charge in [0.1, 0.15) is 31.1 Å². The maximum atomic E-state index is 12.9. The average molecular weight is 302 g/mol. The largest absolute Gasteiger partial charge is 0.364 e. The molecule has 0 unspecified atom stereocenters. The number of quaternary nitrogens is 1. The van der Waals surface area contributed by atoms with Gasteiger partial charge in [-0.3, -0.25) is 4.79 Å². The molecule has 0 aliphatic carbocycles. The van der Waals surface area contributed by atoms with Gasteiger partial charge in [0.25, 0.3) is 5.91 Å². The maximum absolute atomic E-state index is 12.9. The first-order valence-electron chi connectivity index (χ1n) is 6.68. The summed E-state index contributed by atoms with van der Waals surface area (Å²) in [6, 6.07) is 3.92. The van der Waals surface area contributed by atoms with Gasteiger partial charge in [-0.15, -0.1) is 0 Å². The van der Waals surface area contributed by atoms with Gasteiger partial charge >= 0.3 is 0 Å². The number of benzene rings is 1. The zero-order valence-corrected chi connectivity index (χ0v) is 12.3. The van der Waals surface area contributed by atoms with Crippen LogP contribution in [0.5, 0.6) is 0 Å². The summed E-state index contributed by atoms with van der Waals surface area (Å²) in [6.45, 7) is 5.96. The molecule has 110 valence electrons. The second kappa shape index (κ2) is 6.52. The van der Waals surface area contributed by atoms with Crippen LogP contribution in [-0.4, -0.2) is 37.7 Å². The summed E-state index contributed by atoms with van der Waals surface area (Å²) in [6.07, 6.45) is 0.298. The second-order valence-electron chi connectivity index (χ2n) is 5.26.